The Labute approximate surface area is 177 Å². The number of carbonyl (C=O) groups excluding carboxylic acids is 2. The van der Waals surface area contributed by atoms with Crippen molar-refractivity contribution < 1.29 is 14.1 Å². The molecule has 6 rings (SSSR count). The van der Waals surface area contributed by atoms with Crippen LogP contribution in [0, 0.1) is 0 Å². The third kappa shape index (κ3) is 2.84. The molecule has 0 radical (unpaired) electrons. The van der Waals surface area contributed by atoms with E-state index in [9.17, 15) is 9.59 Å². The molecule has 154 valence electrons. The van der Waals surface area contributed by atoms with Crippen LogP contribution < -0.4 is 4.90 Å². The second kappa shape index (κ2) is 6.83. The minimum absolute atomic E-state index is 0.0988. The molecule has 0 bridgehead atoms. The molecule has 1 saturated heterocycles. The Bertz CT molecular complexity index is 1220. The molecule has 9 heteroatoms. The third-order valence-electron chi connectivity index (χ3n) is 6.00. The number of fused-ring (bicyclic) bond motifs is 2. The van der Waals surface area contributed by atoms with Gasteiger partial charge in [0.2, 0.25) is 11.7 Å². The molecule has 3 aliphatic rings. The summed E-state index contributed by atoms with van der Waals surface area (Å²) in [6.45, 7) is 0.0988. The minimum atomic E-state index is -0.850. The normalized spacial score (nSPS) is 21.8. The Hall–Kier alpha value is -3.88. The number of benzene rings is 2. The number of aryl methyl sites for hydroxylation is 2. The molecule has 2 aliphatic heterocycles. The summed E-state index contributed by atoms with van der Waals surface area (Å²) in [7, 11) is 0. The number of nitrogens with zero attached hydrogens (tertiary/aromatic N) is 6. The summed E-state index contributed by atoms with van der Waals surface area (Å²) in [6.07, 6.45) is 3.11. The first-order valence-corrected chi connectivity index (χ1v) is 10.2. The Balaban J connectivity index is 1.24. The monoisotopic (exact) mass is 414 g/mol. The lowest BCUT2D eigenvalue weighted by atomic mass is 10.1. The van der Waals surface area contributed by atoms with Crippen LogP contribution in [0.3, 0.4) is 0 Å². The van der Waals surface area contributed by atoms with E-state index in [0.29, 0.717) is 17.4 Å². The van der Waals surface area contributed by atoms with Crippen molar-refractivity contribution >= 4 is 17.5 Å². The largest absolute Gasteiger partial charge is 0.337 e. The van der Waals surface area contributed by atoms with Crippen LogP contribution in [0.25, 0.3) is 11.4 Å². The third-order valence-corrected chi connectivity index (χ3v) is 6.00. The molecule has 0 spiro atoms. The Morgan fingerprint density at radius 1 is 1.00 bits per heavy atom. The Kier molecular flexibility index (Phi) is 3.95. The number of rotatable bonds is 4. The predicted octanol–water partition coefficient (Wildman–Crippen LogP) is 2.72. The van der Waals surface area contributed by atoms with E-state index in [2.05, 4.69) is 20.5 Å². The van der Waals surface area contributed by atoms with Crippen LogP contribution in [0.1, 0.15) is 23.4 Å². The van der Waals surface area contributed by atoms with E-state index in [1.165, 1.54) is 21.0 Å². The van der Waals surface area contributed by atoms with Crippen molar-refractivity contribution in [3.05, 3.63) is 65.5 Å². The average Bonchev–Trinajstić information content (AvgIpc) is 3.56. The van der Waals surface area contributed by atoms with Gasteiger partial charge in [0.1, 0.15) is 6.54 Å². The van der Waals surface area contributed by atoms with Crippen molar-refractivity contribution in [2.45, 2.75) is 37.9 Å². The first kappa shape index (κ1) is 17.9. The summed E-state index contributed by atoms with van der Waals surface area (Å²) in [6, 6.07) is 13.6. The maximum absolute atomic E-state index is 13.2. The van der Waals surface area contributed by atoms with Crippen LogP contribution in [0.4, 0.5) is 5.69 Å². The number of aromatic nitrogens is 2. The molecule has 2 amide bonds. The highest BCUT2D eigenvalue weighted by atomic mass is 16.5. The summed E-state index contributed by atoms with van der Waals surface area (Å²) >= 11 is 0. The molecule has 2 aromatic carbocycles. The predicted molar refractivity (Wildman–Crippen MR) is 109 cm³/mol. The summed E-state index contributed by atoms with van der Waals surface area (Å²) in [4.78, 5) is 31.8. The zero-order chi connectivity index (χ0) is 20.9. The van der Waals surface area contributed by atoms with Crippen molar-refractivity contribution in [1.82, 2.24) is 15.1 Å². The highest BCUT2D eigenvalue weighted by Gasteiger charge is 2.55. The van der Waals surface area contributed by atoms with E-state index in [-0.39, 0.29) is 18.4 Å². The van der Waals surface area contributed by atoms with Gasteiger partial charge in [0.05, 0.1) is 5.69 Å². The molecule has 1 fully saturated rings. The lowest BCUT2D eigenvalue weighted by Crippen LogP contribution is -2.39. The fourth-order valence-electron chi connectivity index (χ4n) is 4.47. The Morgan fingerprint density at radius 3 is 2.71 bits per heavy atom. The van der Waals surface area contributed by atoms with E-state index >= 15 is 0 Å². The average molecular weight is 414 g/mol. The summed E-state index contributed by atoms with van der Waals surface area (Å²) < 4.78 is 5.34. The SMILES string of the molecule is O=C1[C@@H]2N=NN(Cc3nc(-c4ccccc4)no3)[C@H]2C(=O)N1c1ccc2c(c1)CCC2. The maximum Gasteiger partial charge on any atom is 0.263 e. The van der Waals surface area contributed by atoms with Crippen molar-refractivity contribution in [2.75, 3.05) is 4.90 Å². The van der Waals surface area contributed by atoms with Crippen molar-refractivity contribution in [1.29, 1.82) is 0 Å². The van der Waals surface area contributed by atoms with Gasteiger partial charge in [0.15, 0.2) is 12.1 Å². The molecular weight excluding hydrogens is 396 g/mol. The van der Waals surface area contributed by atoms with E-state index in [1.54, 1.807) is 0 Å². The van der Waals surface area contributed by atoms with Gasteiger partial charge in [-0.1, -0.05) is 46.8 Å². The zero-order valence-corrected chi connectivity index (χ0v) is 16.5. The molecule has 3 aromatic rings. The van der Waals surface area contributed by atoms with E-state index < -0.39 is 12.1 Å². The molecule has 31 heavy (non-hydrogen) atoms. The molecule has 1 aromatic heterocycles. The van der Waals surface area contributed by atoms with Crippen LogP contribution >= 0.6 is 0 Å². The van der Waals surface area contributed by atoms with E-state index in [4.69, 9.17) is 4.52 Å². The minimum Gasteiger partial charge on any atom is -0.337 e. The number of imide groups is 1. The highest BCUT2D eigenvalue weighted by molar-refractivity contribution is 6.25. The smallest absolute Gasteiger partial charge is 0.263 e. The standard InChI is InChI=1S/C22H18N6O3/c29-21-18-19(22(30)28(21)16-10-9-13-7-4-8-15(13)11-16)27(26-24-18)12-17-23-20(25-31-17)14-5-2-1-3-6-14/h1-3,5-6,9-11,18-19H,4,7-8,12H2/t18-,19-/m1/s1. The highest BCUT2D eigenvalue weighted by Crippen LogP contribution is 2.35. The Morgan fingerprint density at radius 2 is 1.84 bits per heavy atom. The second-order valence-corrected chi connectivity index (χ2v) is 7.89. The molecule has 0 N–H and O–H groups in total. The van der Waals surface area contributed by atoms with Crippen LogP contribution in [0.2, 0.25) is 0 Å². The van der Waals surface area contributed by atoms with Gasteiger partial charge in [-0.2, -0.15) is 10.1 Å². The van der Waals surface area contributed by atoms with Gasteiger partial charge >= 0.3 is 0 Å². The van der Waals surface area contributed by atoms with Gasteiger partial charge in [0, 0.05) is 5.56 Å². The van der Waals surface area contributed by atoms with Crippen LogP contribution in [-0.2, 0) is 29.0 Å². The van der Waals surface area contributed by atoms with Gasteiger partial charge in [-0.25, -0.2) is 4.90 Å². The molecule has 3 heterocycles. The fourth-order valence-corrected chi connectivity index (χ4v) is 4.47. The van der Waals surface area contributed by atoms with Crippen molar-refractivity contribution in [3.63, 3.8) is 0 Å². The summed E-state index contributed by atoms with van der Waals surface area (Å²) in [5.41, 5.74) is 3.92. The lowest BCUT2D eigenvalue weighted by molar-refractivity contribution is -0.123. The molecule has 0 saturated carbocycles. The topological polar surface area (TPSA) is 104 Å². The quantitative estimate of drug-likeness (QED) is 0.608. The summed E-state index contributed by atoms with van der Waals surface area (Å²) in [5.74, 6) is 0.0713. The van der Waals surface area contributed by atoms with Gasteiger partial charge < -0.3 is 4.52 Å². The lowest BCUT2D eigenvalue weighted by Gasteiger charge is -2.19. The maximum atomic E-state index is 13.2. The number of hydrogen-bond acceptors (Lipinski definition) is 8. The second-order valence-electron chi connectivity index (χ2n) is 7.89. The molecule has 2 atom stereocenters. The van der Waals surface area contributed by atoms with Gasteiger partial charge in [0.25, 0.3) is 11.8 Å². The molecule has 1 aliphatic carbocycles. The number of amides is 2. The van der Waals surface area contributed by atoms with Crippen LogP contribution in [0.15, 0.2) is 63.4 Å². The van der Waals surface area contributed by atoms with Crippen molar-refractivity contribution in [2.24, 2.45) is 10.3 Å². The first-order valence-electron chi connectivity index (χ1n) is 10.2. The molecule has 0 unspecified atom stereocenters. The molecular formula is C22H18N6O3. The summed E-state index contributed by atoms with van der Waals surface area (Å²) in [5, 5.41) is 13.6. The van der Waals surface area contributed by atoms with Gasteiger partial charge in [-0.3, -0.25) is 14.6 Å². The van der Waals surface area contributed by atoms with Crippen LogP contribution in [0.5, 0.6) is 0 Å². The van der Waals surface area contributed by atoms with Gasteiger partial charge in [-0.15, -0.1) is 0 Å². The van der Waals surface area contributed by atoms with Crippen LogP contribution in [-0.4, -0.2) is 39.0 Å². The van der Waals surface area contributed by atoms with Gasteiger partial charge in [-0.05, 0) is 42.5 Å². The van der Waals surface area contributed by atoms with E-state index in [0.717, 1.165) is 24.8 Å². The van der Waals surface area contributed by atoms with Crippen molar-refractivity contribution in [3.8, 4) is 11.4 Å². The number of anilines is 1. The fraction of sp³-hybridized carbons (Fsp3) is 0.273. The molecule has 9 nitrogen and oxygen atoms in total. The number of carbonyl (C=O) groups is 2. The first-order chi connectivity index (χ1) is 15.2. The zero-order valence-electron chi connectivity index (χ0n) is 16.5. The van der Waals surface area contributed by atoms with E-state index in [1.807, 2.05) is 48.5 Å². The number of hydrogen-bond donors (Lipinski definition) is 0.